The maximum absolute atomic E-state index is 12.1. The lowest BCUT2D eigenvalue weighted by molar-refractivity contribution is 0.104. The molecule has 0 saturated carbocycles. The van der Waals surface area contributed by atoms with Gasteiger partial charge in [0, 0.05) is 29.1 Å². The Morgan fingerprint density at radius 3 is 2.08 bits per heavy atom. The van der Waals surface area contributed by atoms with Gasteiger partial charge in [0.15, 0.2) is 5.78 Å². The number of rotatable bonds is 5. The third-order valence-corrected chi connectivity index (χ3v) is 3.55. The van der Waals surface area contributed by atoms with Gasteiger partial charge in [0.1, 0.15) is 11.5 Å². The minimum absolute atomic E-state index is 0.0313. The summed E-state index contributed by atoms with van der Waals surface area (Å²) in [5, 5.41) is 0. The largest absolute Gasteiger partial charge is 0.457 e. The Morgan fingerprint density at radius 2 is 1.44 bits per heavy atom. The Morgan fingerprint density at radius 1 is 0.800 bits per heavy atom. The van der Waals surface area contributed by atoms with Crippen LogP contribution in [0.1, 0.15) is 15.9 Å². The van der Waals surface area contributed by atoms with E-state index in [1.165, 1.54) is 0 Å². The summed E-state index contributed by atoms with van der Waals surface area (Å²) in [4.78, 5) is 12.1. The number of ketones is 1. The van der Waals surface area contributed by atoms with Crippen LogP contribution in [0.15, 0.2) is 78.9 Å². The number of benzene rings is 3. The van der Waals surface area contributed by atoms with Crippen molar-refractivity contribution in [2.75, 3.05) is 11.5 Å². The molecule has 4 heteroatoms. The second kappa shape index (κ2) is 7.36. The monoisotopic (exact) mass is 330 g/mol. The van der Waals surface area contributed by atoms with Gasteiger partial charge >= 0.3 is 0 Å². The van der Waals surface area contributed by atoms with Crippen LogP contribution in [0.25, 0.3) is 6.08 Å². The molecule has 0 aliphatic rings. The maximum Gasteiger partial charge on any atom is 0.185 e. The van der Waals surface area contributed by atoms with E-state index in [2.05, 4.69) is 0 Å². The Labute approximate surface area is 146 Å². The number of hydrogen-bond donors (Lipinski definition) is 2. The number of anilines is 2. The van der Waals surface area contributed by atoms with E-state index in [0.29, 0.717) is 28.4 Å². The smallest absolute Gasteiger partial charge is 0.185 e. The van der Waals surface area contributed by atoms with E-state index in [1.54, 1.807) is 42.5 Å². The molecule has 0 aromatic heterocycles. The molecular formula is C21H18N2O2. The second-order valence-corrected chi connectivity index (χ2v) is 5.57. The normalized spacial score (nSPS) is 10.7. The fourth-order valence-corrected chi connectivity index (χ4v) is 2.36. The summed E-state index contributed by atoms with van der Waals surface area (Å²) in [5.41, 5.74) is 14.2. The molecule has 25 heavy (non-hydrogen) atoms. The average Bonchev–Trinajstić information content (AvgIpc) is 2.61. The lowest BCUT2D eigenvalue weighted by Crippen LogP contribution is -1.93. The van der Waals surface area contributed by atoms with Crippen LogP contribution >= 0.6 is 0 Å². The van der Waals surface area contributed by atoms with E-state index in [1.807, 2.05) is 42.5 Å². The first-order chi connectivity index (χ1) is 12.1. The van der Waals surface area contributed by atoms with Gasteiger partial charge in [0.05, 0.1) is 0 Å². The first kappa shape index (κ1) is 16.3. The summed E-state index contributed by atoms with van der Waals surface area (Å²) >= 11 is 0. The number of nitrogens with two attached hydrogens (primary N) is 2. The highest BCUT2D eigenvalue weighted by molar-refractivity contribution is 6.06. The number of carbonyl (C=O) groups is 1. The predicted molar refractivity (Wildman–Crippen MR) is 102 cm³/mol. The first-order valence-corrected chi connectivity index (χ1v) is 7.81. The Kier molecular flexibility index (Phi) is 4.81. The molecule has 0 aliphatic carbocycles. The van der Waals surface area contributed by atoms with Crippen molar-refractivity contribution in [3.05, 3.63) is 90.0 Å². The highest BCUT2D eigenvalue weighted by Crippen LogP contribution is 2.26. The van der Waals surface area contributed by atoms with Gasteiger partial charge in [-0.15, -0.1) is 0 Å². The molecule has 3 aromatic rings. The van der Waals surface area contributed by atoms with Crippen molar-refractivity contribution in [3.63, 3.8) is 0 Å². The molecule has 0 amide bonds. The fourth-order valence-electron chi connectivity index (χ4n) is 2.36. The van der Waals surface area contributed by atoms with Crippen LogP contribution in [0, 0.1) is 0 Å². The molecule has 3 aromatic carbocycles. The summed E-state index contributed by atoms with van der Waals surface area (Å²) in [6.45, 7) is 0. The van der Waals surface area contributed by atoms with Crippen LogP contribution in [0.3, 0.4) is 0 Å². The molecular weight excluding hydrogens is 312 g/mol. The molecule has 3 rings (SSSR count). The molecule has 4 N–H and O–H groups in total. The van der Waals surface area contributed by atoms with Gasteiger partial charge in [-0.05, 0) is 29.8 Å². The average molecular weight is 330 g/mol. The zero-order valence-corrected chi connectivity index (χ0v) is 13.6. The van der Waals surface area contributed by atoms with Gasteiger partial charge in [-0.25, -0.2) is 0 Å². The van der Waals surface area contributed by atoms with Crippen molar-refractivity contribution < 1.29 is 9.53 Å². The molecule has 0 fully saturated rings. The van der Waals surface area contributed by atoms with Gasteiger partial charge in [0.2, 0.25) is 0 Å². The van der Waals surface area contributed by atoms with E-state index in [0.717, 1.165) is 5.56 Å². The van der Waals surface area contributed by atoms with Crippen molar-refractivity contribution in [2.45, 2.75) is 0 Å². The van der Waals surface area contributed by atoms with Crippen LogP contribution in [-0.2, 0) is 0 Å². The van der Waals surface area contributed by atoms with E-state index in [4.69, 9.17) is 16.2 Å². The van der Waals surface area contributed by atoms with E-state index in [-0.39, 0.29) is 5.78 Å². The summed E-state index contributed by atoms with van der Waals surface area (Å²) in [6, 6.07) is 21.6. The Bertz CT molecular complexity index is 881. The molecule has 124 valence electrons. The molecule has 0 atom stereocenters. The molecule has 0 bridgehead atoms. The summed E-state index contributed by atoms with van der Waals surface area (Å²) in [7, 11) is 0. The highest BCUT2D eigenvalue weighted by Gasteiger charge is 2.02. The molecule has 0 heterocycles. The van der Waals surface area contributed by atoms with Gasteiger partial charge in [-0.3, -0.25) is 4.79 Å². The predicted octanol–water partition coefficient (Wildman–Crippen LogP) is 4.54. The van der Waals surface area contributed by atoms with Gasteiger partial charge in [-0.1, -0.05) is 48.5 Å². The lowest BCUT2D eigenvalue weighted by Gasteiger charge is -2.07. The minimum atomic E-state index is -0.0313. The number of allylic oxidation sites excluding steroid dienone is 1. The van der Waals surface area contributed by atoms with Crippen LogP contribution in [-0.4, -0.2) is 5.78 Å². The number of ether oxygens (including phenoxy) is 1. The molecule has 0 aliphatic heterocycles. The number of carbonyl (C=O) groups excluding carboxylic acids is 1. The zero-order valence-electron chi connectivity index (χ0n) is 13.6. The molecule has 4 nitrogen and oxygen atoms in total. The standard InChI is InChI=1S/C21H18N2O2/c22-17-12-18(23)14-20(13-17)25-19-9-6-15(7-10-19)8-11-21(24)16-4-2-1-3-5-16/h1-14H,22-23H2. The van der Waals surface area contributed by atoms with Crippen molar-refractivity contribution in [3.8, 4) is 11.5 Å². The van der Waals surface area contributed by atoms with E-state index >= 15 is 0 Å². The van der Waals surface area contributed by atoms with E-state index < -0.39 is 0 Å². The van der Waals surface area contributed by atoms with Crippen molar-refractivity contribution in [1.82, 2.24) is 0 Å². The fraction of sp³-hybridized carbons (Fsp3) is 0. The van der Waals surface area contributed by atoms with Crippen LogP contribution in [0.5, 0.6) is 11.5 Å². The summed E-state index contributed by atoms with van der Waals surface area (Å²) < 4.78 is 5.74. The highest BCUT2D eigenvalue weighted by atomic mass is 16.5. The Balaban J connectivity index is 1.68. The first-order valence-electron chi connectivity index (χ1n) is 7.81. The summed E-state index contributed by atoms with van der Waals surface area (Å²) in [6.07, 6.45) is 3.33. The number of nitrogen functional groups attached to an aromatic ring is 2. The maximum atomic E-state index is 12.1. The van der Waals surface area contributed by atoms with Gasteiger partial charge in [0.25, 0.3) is 0 Å². The third kappa shape index (κ3) is 4.48. The molecule has 0 radical (unpaired) electrons. The summed E-state index contributed by atoms with van der Waals surface area (Å²) in [5.74, 6) is 1.22. The topological polar surface area (TPSA) is 78.3 Å². The molecule has 0 spiro atoms. The SMILES string of the molecule is Nc1cc(N)cc(Oc2ccc(C=CC(=O)c3ccccc3)cc2)c1. The van der Waals surface area contributed by atoms with E-state index in [9.17, 15) is 4.79 Å². The van der Waals surface area contributed by atoms with Crippen LogP contribution in [0.4, 0.5) is 11.4 Å². The quantitative estimate of drug-likeness (QED) is 0.409. The zero-order chi connectivity index (χ0) is 17.6. The van der Waals surface area contributed by atoms with Crippen molar-refractivity contribution >= 4 is 23.2 Å². The van der Waals surface area contributed by atoms with Crippen molar-refractivity contribution in [1.29, 1.82) is 0 Å². The van der Waals surface area contributed by atoms with Crippen LogP contribution in [0.2, 0.25) is 0 Å². The van der Waals surface area contributed by atoms with Gasteiger partial charge < -0.3 is 16.2 Å². The van der Waals surface area contributed by atoms with Crippen molar-refractivity contribution in [2.24, 2.45) is 0 Å². The lowest BCUT2D eigenvalue weighted by atomic mass is 10.1. The molecule has 0 unspecified atom stereocenters. The van der Waals surface area contributed by atoms with Crippen LogP contribution < -0.4 is 16.2 Å². The number of hydrogen-bond acceptors (Lipinski definition) is 4. The third-order valence-electron chi connectivity index (χ3n) is 3.55. The molecule has 0 saturated heterocycles. The minimum Gasteiger partial charge on any atom is -0.457 e. The Hall–Kier alpha value is -3.53. The van der Waals surface area contributed by atoms with Gasteiger partial charge in [-0.2, -0.15) is 0 Å². The second-order valence-electron chi connectivity index (χ2n) is 5.57.